The van der Waals surface area contributed by atoms with Crippen LogP contribution in [0.25, 0.3) is 0 Å². The molecule has 0 unspecified atom stereocenters. The van der Waals surface area contributed by atoms with Gasteiger partial charge in [0.05, 0.1) is 0 Å². The van der Waals surface area contributed by atoms with Crippen molar-refractivity contribution in [2.75, 3.05) is 0 Å². The van der Waals surface area contributed by atoms with Crippen LogP contribution in [-0.2, 0) is 32.7 Å². The molecule has 0 aliphatic heterocycles. The van der Waals surface area contributed by atoms with Gasteiger partial charge in [-0.25, -0.2) is 0 Å². The first-order valence-electron chi connectivity index (χ1n) is 13.8. The summed E-state index contributed by atoms with van der Waals surface area (Å²) in [6.07, 6.45) is 2.50. The maximum Gasteiger partial charge on any atom is 0 e. The van der Waals surface area contributed by atoms with Crippen LogP contribution in [0.3, 0.4) is 0 Å². The Hall–Kier alpha value is -1.24. The molecule has 227 valence electrons. The molecule has 1 heteroatoms. The first-order valence-corrected chi connectivity index (χ1v) is 13.8. The molecule has 1 radical (unpaired) electrons. The summed E-state index contributed by atoms with van der Waals surface area (Å²) >= 11 is 0. The van der Waals surface area contributed by atoms with E-state index in [1.165, 1.54) is 12.8 Å². The molecule has 0 nitrogen and oxygen atoms in total. The first kappa shape index (κ1) is 70.8. The molecule has 0 aliphatic rings. The third kappa shape index (κ3) is 141. The third-order valence-corrected chi connectivity index (χ3v) is 2.00. The van der Waals surface area contributed by atoms with E-state index >= 15 is 0 Å². The summed E-state index contributed by atoms with van der Waals surface area (Å²) in [4.78, 5) is 0. The van der Waals surface area contributed by atoms with E-state index in [0.717, 1.165) is 0 Å². The molecule has 0 atom stereocenters. The predicted molar refractivity (Wildman–Crippen MR) is 188 cm³/mol. The molecule has 0 amide bonds. The van der Waals surface area contributed by atoms with Crippen molar-refractivity contribution < 1.29 is 32.7 Å². The summed E-state index contributed by atoms with van der Waals surface area (Å²) in [5.74, 6) is 0. The van der Waals surface area contributed by atoms with Crippen LogP contribution in [0.1, 0.15) is 125 Å². The van der Waals surface area contributed by atoms with Crippen LogP contribution in [0.15, 0.2) is 109 Å². The van der Waals surface area contributed by atoms with Gasteiger partial charge in [-0.15, -0.1) is 0 Å². The Morgan fingerprint density at radius 1 is 0.263 bits per heavy atom. The monoisotopic (exact) mass is 608 g/mol. The molecule has 0 aliphatic carbocycles. The maximum atomic E-state index is 2.12. The van der Waals surface area contributed by atoms with Crippen molar-refractivity contribution in [3.8, 4) is 0 Å². The molecule has 0 bridgehead atoms. The number of rotatable bonds is 0. The summed E-state index contributed by atoms with van der Waals surface area (Å²) in [7, 11) is 0. The van der Waals surface area contributed by atoms with Crippen molar-refractivity contribution in [1.82, 2.24) is 0 Å². The average molecular weight is 609 g/mol. The summed E-state index contributed by atoms with van der Waals surface area (Å²) in [5.41, 5.74) is 0. The zero-order chi connectivity index (χ0) is 28.1. The Labute approximate surface area is 272 Å². The average Bonchev–Trinajstić information content (AvgIpc) is 2.98. The SMILES string of the molecule is C.C.CC.CC.CC.CC.CC.CCC.CCC.[CH3-].[Y].c1ccccc1.c1ccccc1.c1ccccc1. The Morgan fingerprint density at radius 2 is 0.289 bits per heavy atom. The molecule has 0 saturated carbocycles. The maximum absolute atomic E-state index is 2.12. The fourth-order valence-electron chi connectivity index (χ4n) is 1.15. The fourth-order valence-corrected chi connectivity index (χ4v) is 1.15. The van der Waals surface area contributed by atoms with Gasteiger partial charge in [0.25, 0.3) is 0 Å². The van der Waals surface area contributed by atoms with Crippen LogP contribution in [-0.4, -0.2) is 0 Å². The van der Waals surface area contributed by atoms with Gasteiger partial charge in [-0.05, 0) is 0 Å². The smallest absolute Gasteiger partial charge is 0 e. The zero-order valence-corrected chi connectivity index (χ0v) is 30.2. The van der Waals surface area contributed by atoms with Gasteiger partial charge in [-0.3, -0.25) is 0 Å². The predicted octanol–water partition coefficient (Wildman–Crippen LogP) is 14.7. The number of benzene rings is 3. The van der Waals surface area contributed by atoms with Crippen LogP contribution < -0.4 is 0 Å². The minimum absolute atomic E-state index is 0. The molecule has 0 N–H and O–H groups in total. The standard InChI is InChI=1S/3C6H6.2C3H8.5C2H6.2CH4.CH3.Y/c3*1-2-4-6-5-3-1;2*1-3-2;5*1-2;;;;/h3*1-6H;2*3H2,1-2H3;5*1-2H3;2*1H4;1H3;/q;;;;;;;;;;;;-1;. The quantitative estimate of drug-likeness (QED) is 0.223. The molecule has 0 saturated heterocycles. The topological polar surface area (TPSA) is 0 Å². The normalized spacial score (nSPS) is 5.53. The fraction of sp³-hybridized carbons (Fsp3) is 0.486. The Balaban J connectivity index is -0.0000000245. The van der Waals surface area contributed by atoms with Gasteiger partial charge in [0.2, 0.25) is 0 Å². The Morgan fingerprint density at radius 3 is 0.316 bits per heavy atom. The summed E-state index contributed by atoms with van der Waals surface area (Å²) in [6, 6.07) is 36.0. The van der Waals surface area contributed by atoms with E-state index in [2.05, 4.69) is 27.7 Å². The van der Waals surface area contributed by atoms with Crippen molar-refractivity contribution in [3.05, 3.63) is 117 Å². The van der Waals surface area contributed by atoms with Gasteiger partial charge in [0.1, 0.15) is 0 Å². The molecule has 3 rings (SSSR count). The summed E-state index contributed by atoms with van der Waals surface area (Å²) in [5, 5.41) is 0. The van der Waals surface area contributed by atoms with E-state index in [0.29, 0.717) is 0 Å². The van der Waals surface area contributed by atoms with Gasteiger partial charge in [0.15, 0.2) is 0 Å². The van der Waals surface area contributed by atoms with Gasteiger partial charge in [0, 0.05) is 32.7 Å². The Bertz CT molecular complexity index is 324. The van der Waals surface area contributed by atoms with Gasteiger partial charge < -0.3 is 7.43 Å². The van der Waals surface area contributed by atoms with E-state index in [-0.39, 0.29) is 55.0 Å². The molecule has 0 aromatic heterocycles. The van der Waals surface area contributed by atoms with Crippen molar-refractivity contribution in [3.63, 3.8) is 0 Å². The van der Waals surface area contributed by atoms with Gasteiger partial charge in [-0.2, -0.15) is 0 Å². The molecular weight excluding hydrogens is 533 g/mol. The van der Waals surface area contributed by atoms with Crippen LogP contribution in [0.4, 0.5) is 0 Å². The van der Waals surface area contributed by atoms with Crippen molar-refractivity contribution in [2.24, 2.45) is 0 Å². The van der Waals surface area contributed by atoms with Crippen molar-refractivity contribution >= 4 is 0 Å². The van der Waals surface area contributed by atoms with E-state index in [1.54, 1.807) is 0 Å². The second-order valence-electron chi connectivity index (χ2n) is 4.88. The molecule has 0 heterocycles. The minimum atomic E-state index is 0. The minimum Gasteiger partial charge on any atom is -0.358 e. The second-order valence-corrected chi connectivity index (χ2v) is 4.88. The molecule has 3 aromatic carbocycles. The largest absolute Gasteiger partial charge is 0.358 e. The molecule has 0 fully saturated rings. The molecule has 38 heavy (non-hydrogen) atoms. The summed E-state index contributed by atoms with van der Waals surface area (Å²) in [6.45, 7) is 28.5. The van der Waals surface area contributed by atoms with Crippen molar-refractivity contribution in [2.45, 2.75) is 125 Å². The van der Waals surface area contributed by atoms with Gasteiger partial charge in [-0.1, -0.05) is 234 Å². The van der Waals surface area contributed by atoms with E-state index in [1.807, 2.05) is 178 Å². The van der Waals surface area contributed by atoms with Crippen molar-refractivity contribution in [1.29, 1.82) is 0 Å². The number of hydrogen-bond acceptors (Lipinski definition) is 0. The molecule has 0 spiro atoms. The number of hydrogen-bond donors (Lipinski definition) is 0. The molecular formula is C37H75Y-. The van der Waals surface area contributed by atoms with Crippen LogP contribution >= 0.6 is 0 Å². The molecule has 3 aromatic rings. The van der Waals surface area contributed by atoms with E-state index in [4.69, 9.17) is 0 Å². The van der Waals surface area contributed by atoms with Crippen LogP contribution in [0.5, 0.6) is 0 Å². The first-order chi connectivity index (χ1) is 16.8. The van der Waals surface area contributed by atoms with E-state index in [9.17, 15) is 0 Å². The third-order valence-electron chi connectivity index (χ3n) is 2.00. The van der Waals surface area contributed by atoms with Gasteiger partial charge >= 0.3 is 0 Å². The Kier molecular flexibility index (Phi) is 229. The van der Waals surface area contributed by atoms with Crippen LogP contribution in [0, 0.1) is 7.43 Å². The zero-order valence-electron chi connectivity index (χ0n) is 27.4. The second kappa shape index (κ2) is 123. The van der Waals surface area contributed by atoms with E-state index < -0.39 is 0 Å². The van der Waals surface area contributed by atoms with Crippen LogP contribution in [0.2, 0.25) is 0 Å². The summed E-state index contributed by atoms with van der Waals surface area (Å²) < 4.78 is 0.